The number of carboxylic acid groups (broad SMARTS) is 1. The molecule has 1 atom stereocenters. The highest BCUT2D eigenvalue weighted by atomic mass is 16.4. The highest BCUT2D eigenvalue weighted by Gasteiger charge is 2.23. The first-order valence-electron chi connectivity index (χ1n) is 7.45. The maximum Gasteiger partial charge on any atom is 0.326 e. The van der Waals surface area contributed by atoms with Gasteiger partial charge in [0.2, 0.25) is 5.91 Å². The molecule has 0 aromatic rings. The Morgan fingerprint density at radius 1 is 1.24 bits per heavy atom. The van der Waals surface area contributed by atoms with Gasteiger partial charge in [0.15, 0.2) is 0 Å². The quantitative estimate of drug-likeness (QED) is 0.473. The number of carbonyl (C=O) groups excluding carboxylic acids is 2. The Labute approximate surface area is 124 Å². The van der Waals surface area contributed by atoms with Gasteiger partial charge in [0, 0.05) is 19.0 Å². The number of hydrogen-bond acceptors (Lipinski definition) is 3. The molecule has 7 heteroatoms. The molecule has 0 unspecified atom stereocenters. The Hall–Kier alpha value is -1.79. The SMILES string of the molecule is CC(C)C[C@H](NC(=O)NCCCC(=O)NC1CC1)C(=O)O. The highest BCUT2D eigenvalue weighted by molar-refractivity contribution is 5.82. The standard InChI is InChI=1S/C14H25N3O4/c1-9(2)8-11(13(19)20)17-14(21)15-7-3-4-12(18)16-10-5-6-10/h9-11H,3-8H2,1-2H3,(H,16,18)(H,19,20)(H2,15,17,21)/t11-/m0/s1. The van der Waals surface area contributed by atoms with Crippen LogP contribution in [0.1, 0.15) is 46.0 Å². The Morgan fingerprint density at radius 3 is 2.43 bits per heavy atom. The third-order valence-electron chi connectivity index (χ3n) is 3.12. The minimum absolute atomic E-state index is 0.00271. The number of urea groups is 1. The molecule has 0 heterocycles. The molecule has 7 nitrogen and oxygen atoms in total. The number of aliphatic carboxylic acids is 1. The molecule has 0 saturated heterocycles. The summed E-state index contributed by atoms with van der Waals surface area (Å²) in [6.45, 7) is 4.14. The van der Waals surface area contributed by atoms with Crippen LogP contribution in [0.2, 0.25) is 0 Å². The van der Waals surface area contributed by atoms with Crippen molar-refractivity contribution >= 4 is 17.9 Å². The molecule has 3 amide bonds. The monoisotopic (exact) mass is 299 g/mol. The fourth-order valence-corrected chi connectivity index (χ4v) is 1.88. The molecule has 1 fully saturated rings. The summed E-state index contributed by atoms with van der Waals surface area (Å²) in [6, 6.07) is -1.05. The summed E-state index contributed by atoms with van der Waals surface area (Å²) in [5.41, 5.74) is 0. The Kier molecular flexibility index (Phi) is 6.98. The van der Waals surface area contributed by atoms with Crippen LogP contribution in [0, 0.1) is 5.92 Å². The van der Waals surface area contributed by atoms with Crippen molar-refractivity contribution in [2.75, 3.05) is 6.54 Å². The lowest BCUT2D eigenvalue weighted by molar-refractivity contribution is -0.139. The van der Waals surface area contributed by atoms with E-state index < -0.39 is 18.0 Å². The largest absolute Gasteiger partial charge is 0.480 e. The predicted octanol–water partition coefficient (Wildman–Crippen LogP) is 0.844. The van der Waals surface area contributed by atoms with E-state index in [4.69, 9.17) is 5.11 Å². The van der Waals surface area contributed by atoms with Crippen LogP contribution >= 0.6 is 0 Å². The van der Waals surface area contributed by atoms with Gasteiger partial charge >= 0.3 is 12.0 Å². The van der Waals surface area contributed by atoms with Gasteiger partial charge in [0.05, 0.1) is 0 Å². The van der Waals surface area contributed by atoms with Crippen molar-refractivity contribution in [2.24, 2.45) is 5.92 Å². The molecular formula is C14H25N3O4. The number of hydrogen-bond donors (Lipinski definition) is 4. The zero-order valence-electron chi connectivity index (χ0n) is 12.6. The minimum Gasteiger partial charge on any atom is -0.480 e. The van der Waals surface area contributed by atoms with Gasteiger partial charge in [-0.1, -0.05) is 13.8 Å². The van der Waals surface area contributed by atoms with E-state index in [1.807, 2.05) is 13.8 Å². The molecule has 1 aliphatic carbocycles. The van der Waals surface area contributed by atoms with Gasteiger partial charge in [0.25, 0.3) is 0 Å². The summed E-state index contributed by atoms with van der Waals surface area (Å²) >= 11 is 0. The van der Waals surface area contributed by atoms with Crippen LogP contribution in [-0.4, -0.2) is 41.6 Å². The molecular weight excluding hydrogens is 274 g/mol. The molecule has 0 aromatic heterocycles. The molecule has 0 bridgehead atoms. The normalized spacial score (nSPS) is 15.4. The Morgan fingerprint density at radius 2 is 1.90 bits per heavy atom. The fourth-order valence-electron chi connectivity index (χ4n) is 1.88. The first kappa shape index (κ1) is 17.3. The summed E-state index contributed by atoms with van der Waals surface area (Å²) in [7, 11) is 0. The molecule has 0 spiro atoms. The van der Waals surface area contributed by atoms with E-state index in [1.165, 1.54) is 0 Å². The van der Waals surface area contributed by atoms with Gasteiger partial charge in [-0.25, -0.2) is 9.59 Å². The lowest BCUT2D eigenvalue weighted by Gasteiger charge is -2.16. The zero-order chi connectivity index (χ0) is 15.8. The number of carbonyl (C=O) groups is 3. The van der Waals surface area contributed by atoms with Gasteiger partial charge in [0.1, 0.15) is 6.04 Å². The lowest BCUT2D eigenvalue weighted by Crippen LogP contribution is -2.46. The van der Waals surface area contributed by atoms with Crippen molar-refractivity contribution in [3.8, 4) is 0 Å². The highest BCUT2D eigenvalue weighted by Crippen LogP contribution is 2.18. The third-order valence-corrected chi connectivity index (χ3v) is 3.12. The molecule has 21 heavy (non-hydrogen) atoms. The van der Waals surface area contributed by atoms with Crippen LogP contribution < -0.4 is 16.0 Å². The fraction of sp³-hybridized carbons (Fsp3) is 0.786. The van der Waals surface area contributed by atoms with Crippen LogP contribution in [0.4, 0.5) is 4.79 Å². The van der Waals surface area contributed by atoms with Crippen molar-refractivity contribution in [3.63, 3.8) is 0 Å². The smallest absolute Gasteiger partial charge is 0.326 e. The van der Waals surface area contributed by atoms with E-state index in [1.54, 1.807) is 0 Å². The minimum atomic E-state index is -1.04. The van der Waals surface area contributed by atoms with Gasteiger partial charge in [-0.3, -0.25) is 4.79 Å². The first-order valence-corrected chi connectivity index (χ1v) is 7.45. The number of nitrogens with one attached hydrogen (secondary N) is 3. The zero-order valence-corrected chi connectivity index (χ0v) is 12.6. The average Bonchev–Trinajstić information content (AvgIpc) is 3.17. The predicted molar refractivity (Wildman–Crippen MR) is 77.8 cm³/mol. The molecule has 4 N–H and O–H groups in total. The molecule has 1 aliphatic rings. The van der Waals surface area contributed by atoms with Gasteiger partial charge in [-0.05, 0) is 31.6 Å². The van der Waals surface area contributed by atoms with Crippen LogP contribution in [0.15, 0.2) is 0 Å². The summed E-state index contributed by atoms with van der Waals surface area (Å²) in [6.07, 6.45) is 3.39. The molecule has 1 rings (SSSR count). The van der Waals surface area contributed by atoms with Crippen LogP contribution in [0.3, 0.4) is 0 Å². The topological polar surface area (TPSA) is 108 Å². The van der Waals surface area contributed by atoms with E-state index in [9.17, 15) is 14.4 Å². The van der Waals surface area contributed by atoms with Gasteiger partial charge in [-0.15, -0.1) is 0 Å². The number of amides is 3. The second-order valence-corrected chi connectivity index (χ2v) is 5.87. The molecule has 120 valence electrons. The summed E-state index contributed by atoms with van der Waals surface area (Å²) < 4.78 is 0. The van der Waals surface area contributed by atoms with Crippen molar-refractivity contribution in [1.29, 1.82) is 0 Å². The third kappa shape index (κ3) is 8.16. The maximum atomic E-state index is 11.6. The summed E-state index contributed by atoms with van der Waals surface area (Å²) in [4.78, 5) is 34.0. The van der Waals surface area contributed by atoms with E-state index >= 15 is 0 Å². The average molecular weight is 299 g/mol. The number of carboxylic acids is 1. The summed E-state index contributed by atoms with van der Waals surface area (Å²) in [5, 5.41) is 16.9. The molecule has 0 aromatic carbocycles. The Balaban J connectivity index is 2.13. The van der Waals surface area contributed by atoms with E-state index in [0.29, 0.717) is 31.8 Å². The van der Waals surface area contributed by atoms with Gasteiger partial charge < -0.3 is 21.1 Å². The van der Waals surface area contributed by atoms with Crippen molar-refractivity contribution < 1.29 is 19.5 Å². The maximum absolute atomic E-state index is 11.6. The van der Waals surface area contributed by atoms with Crippen molar-refractivity contribution in [3.05, 3.63) is 0 Å². The second-order valence-electron chi connectivity index (χ2n) is 5.87. The molecule has 0 aliphatic heterocycles. The second kappa shape index (κ2) is 8.49. The lowest BCUT2D eigenvalue weighted by atomic mass is 10.0. The first-order chi connectivity index (χ1) is 9.88. The number of rotatable bonds is 9. The van der Waals surface area contributed by atoms with Crippen molar-refractivity contribution in [1.82, 2.24) is 16.0 Å². The molecule has 1 saturated carbocycles. The molecule has 0 radical (unpaired) electrons. The van der Waals surface area contributed by atoms with E-state index in [2.05, 4.69) is 16.0 Å². The summed E-state index contributed by atoms with van der Waals surface area (Å²) in [5.74, 6) is -0.858. The van der Waals surface area contributed by atoms with Gasteiger partial charge in [-0.2, -0.15) is 0 Å². The van der Waals surface area contributed by atoms with Crippen LogP contribution in [0.5, 0.6) is 0 Å². The van der Waals surface area contributed by atoms with E-state index in [-0.39, 0.29) is 11.8 Å². The van der Waals surface area contributed by atoms with Crippen LogP contribution in [0.25, 0.3) is 0 Å². The van der Waals surface area contributed by atoms with Crippen LogP contribution in [-0.2, 0) is 9.59 Å². The Bertz CT molecular complexity index is 380. The van der Waals surface area contributed by atoms with E-state index in [0.717, 1.165) is 12.8 Å². The van der Waals surface area contributed by atoms with Crippen molar-refractivity contribution in [2.45, 2.75) is 58.0 Å².